The lowest BCUT2D eigenvalue weighted by molar-refractivity contribution is -0.133. The topological polar surface area (TPSA) is 64.2 Å². The first-order chi connectivity index (χ1) is 14.5. The number of anilines is 1. The summed E-state index contributed by atoms with van der Waals surface area (Å²) in [6.07, 6.45) is 7.24. The number of carbonyl (C=O) groups is 1. The number of rotatable bonds is 4. The van der Waals surface area contributed by atoms with Crippen LogP contribution in [-0.2, 0) is 10.3 Å². The van der Waals surface area contributed by atoms with Crippen molar-refractivity contribution in [2.24, 2.45) is 0 Å². The molecule has 2 aliphatic heterocycles. The van der Waals surface area contributed by atoms with Gasteiger partial charge in [-0.3, -0.25) is 4.79 Å². The average Bonchev–Trinajstić information content (AvgIpc) is 3.42. The normalized spacial score (nSPS) is 24.7. The molecule has 1 fully saturated rings. The molecule has 154 valence electrons. The molecule has 0 aliphatic carbocycles. The van der Waals surface area contributed by atoms with E-state index in [1.165, 1.54) is 5.56 Å². The number of imidazole rings is 1. The maximum absolute atomic E-state index is 13.3. The van der Waals surface area contributed by atoms with E-state index in [-0.39, 0.29) is 5.91 Å². The summed E-state index contributed by atoms with van der Waals surface area (Å²) < 4.78 is 2.24. The van der Waals surface area contributed by atoms with Crippen LogP contribution < -0.4 is 5.73 Å². The predicted octanol–water partition coefficient (Wildman–Crippen LogP) is 4.42. The van der Waals surface area contributed by atoms with E-state index >= 15 is 0 Å². The molecule has 2 N–H and O–H groups in total. The first kappa shape index (κ1) is 18.9. The van der Waals surface area contributed by atoms with Crippen molar-refractivity contribution in [3.63, 3.8) is 0 Å². The first-order valence-electron chi connectivity index (χ1n) is 10.8. The van der Waals surface area contributed by atoms with Gasteiger partial charge in [-0.15, -0.1) is 0 Å². The second kappa shape index (κ2) is 7.01. The Hall–Kier alpha value is -3.08. The Morgan fingerprint density at radius 1 is 1.10 bits per heavy atom. The van der Waals surface area contributed by atoms with E-state index in [2.05, 4.69) is 64.7 Å². The minimum Gasteiger partial charge on any atom is -0.399 e. The van der Waals surface area contributed by atoms with Gasteiger partial charge in [0, 0.05) is 42.1 Å². The summed E-state index contributed by atoms with van der Waals surface area (Å²) in [5, 5.41) is 0. The standard InChI is InChI=1S/C25H28N4O/c1-17-7-8-18(2)29(17)23(30)13-14-25(19-9-11-20(26)12-10-19)22-6-4-3-5-21(22)24-27-15-16-28(24)25/h3-6,9-12,15-18H,7-8,13-14,26H2,1-2H3. The van der Waals surface area contributed by atoms with Crippen molar-refractivity contribution in [1.29, 1.82) is 0 Å². The maximum atomic E-state index is 13.3. The van der Waals surface area contributed by atoms with Gasteiger partial charge in [0.05, 0.1) is 5.54 Å². The van der Waals surface area contributed by atoms with Crippen molar-refractivity contribution in [2.75, 3.05) is 5.73 Å². The van der Waals surface area contributed by atoms with E-state index < -0.39 is 5.54 Å². The van der Waals surface area contributed by atoms with Crippen LogP contribution in [0.3, 0.4) is 0 Å². The fourth-order valence-electron chi connectivity index (χ4n) is 5.54. The summed E-state index contributed by atoms with van der Waals surface area (Å²) in [5.41, 5.74) is 9.74. The summed E-state index contributed by atoms with van der Waals surface area (Å²) in [6.45, 7) is 4.33. The Labute approximate surface area is 177 Å². The molecule has 5 heteroatoms. The third-order valence-electron chi connectivity index (χ3n) is 6.99. The van der Waals surface area contributed by atoms with Gasteiger partial charge in [-0.1, -0.05) is 36.4 Å². The molecule has 0 radical (unpaired) electrons. The van der Waals surface area contributed by atoms with Gasteiger partial charge in [-0.25, -0.2) is 4.98 Å². The van der Waals surface area contributed by atoms with E-state index in [1.54, 1.807) is 0 Å². The molecule has 3 atom stereocenters. The number of aromatic nitrogens is 2. The molecule has 3 heterocycles. The van der Waals surface area contributed by atoms with Crippen LogP contribution in [0.15, 0.2) is 60.9 Å². The highest BCUT2D eigenvalue weighted by molar-refractivity contribution is 5.78. The van der Waals surface area contributed by atoms with Crippen LogP contribution in [0, 0.1) is 0 Å². The molecule has 2 aliphatic rings. The summed E-state index contributed by atoms with van der Waals surface area (Å²) in [5.74, 6) is 1.20. The molecule has 2 aromatic carbocycles. The number of amides is 1. The van der Waals surface area contributed by atoms with Crippen molar-refractivity contribution >= 4 is 11.6 Å². The lowest BCUT2D eigenvalue weighted by Gasteiger charge is -2.35. The highest BCUT2D eigenvalue weighted by Gasteiger charge is 2.45. The number of nitrogens with two attached hydrogens (primary N) is 1. The molecule has 1 amide bonds. The van der Waals surface area contributed by atoms with Gasteiger partial charge in [0.1, 0.15) is 5.82 Å². The van der Waals surface area contributed by atoms with E-state index in [1.807, 2.05) is 24.5 Å². The molecular weight excluding hydrogens is 372 g/mol. The first-order valence-corrected chi connectivity index (χ1v) is 10.8. The highest BCUT2D eigenvalue weighted by Crippen LogP contribution is 2.49. The Morgan fingerprint density at radius 3 is 2.53 bits per heavy atom. The molecular formula is C25H28N4O. The van der Waals surface area contributed by atoms with Crippen LogP contribution in [0.5, 0.6) is 0 Å². The zero-order valence-corrected chi connectivity index (χ0v) is 17.6. The second-order valence-electron chi connectivity index (χ2n) is 8.73. The van der Waals surface area contributed by atoms with Gasteiger partial charge in [0.2, 0.25) is 5.91 Å². The van der Waals surface area contributed by atoms with Gasteiger partial charge >= 0.3 is 0 Å². The van der Waals surface area contributed by atoms with Crippen molar-refractivity contribution in [2.45, 2.75) is 57.2 Å². The second-order valence-corrected chi connectivity index (χ2v) is 8.73. The predicted molar refractivity (Wildman–Crippen MR) is 119 cm³/mol. The van der Waals surface area contributed by atoms with Crippen LogP contribution in [-0.4, -0.2) is 32.4 Å². The molecule has 3 unspecified atom stereocenters. The van der Waals surface area contributed by atoms with Crippen molar-refractivity contribution in [3.05, 3.63) is 72.1 Å². The lowest BCUT2D eigenvalue weighted by atomic mass is 9.79. The van der Waals surface area contributed by atoms with Crippen LogP contribution in [0.25, 0.3) is 11.4 Å². The number of hydrogen-bond acceptors (Lipinski definition) is 3. The van der Waals surface area contributed by atoms with E-state index in [9.17, 15) is 4.79 Å². The van der Waals surface area contributed by atoms with E-state index in [0.29, 0.717) is 24.9 Å². The minimum absolute atomic E-state index is 0.244. The van der Waals surface area contributed by atoms with Gasteiger partial charge in [0.15, 0.2) is 0 Å². The number of fused-ring (bicyclic) bond motifs is 3. The Bertz CT molecular complexity index is 1080. The van der Waals surface area contributed by atoms with E-state index in [0.717, 1.165) is 35.5 Å². The number of benzene rings is 2. The number of nitrogen functional groups attached to an aromatic ring is 1. The zero-order chi connectivity index (χ0) is 20.9. The van der Waals surface area contributed by atoms with Crippen molar-refractivity contribution in [1.82, 2.24) is 14.5 Å². The highest BCUT2D eigenvalue weighted by atomic mass is 16.2. The van der Waals surface area contributed by atoms with E-state index in [4.69, 9.17) is 5.73 Å². The molecule has 1 saturated heterocycles. The molecule has 1 aromatic heterocycles. The van der Waals surface area contributed by atoms with Crippen molar-refractivity contribution in [3.8, 4) is 11.4 Å². The van der Waals surface area contributed by atoms with Gasteiger partial charge < -0.3 is 15.2 Å². The molecule has 0 bridgehead atoms. The number of likely N-dealkylation sites (tertiary alicyclic amines) is 1. The molecule has 3 aromatic rings. The average molecular weight is 401 g/mol. The summed E-state index contributed by atoms with van der Waals surface area (Å²) in [4.78, 5) is 20.0. The van der Waals surface area contributed by atoms with Crippen molar-refractivity contribution < 1.29 is 4.79 Å². The zero-order valence-electron chi connectivity index (χ0n) is 17.6. The number of nitrogens with zero attached hydrogens (tertiary/aromatic N) is 3. The Kier molecular flexibility index (Phi) is 4.42. The SMILES string of the molecule is CC1CCC(C)N1C(=O)CCC1(c2ccc(N)cc2)c2ccccc2-c2nccn21. The minimum atomic E-state index is -0.460. The van der Waals surface area contributed by atoms with Gasteiger partial charge in [-0.05, 0) is 56.4 Å². The fourth-order valence-corrected chi connectivity index (χ4v) is 5.54. The Morgan fingerprint density at radius 2 is 1.80 bits per heavy atom. The molecule has 0 spiro atoms. The number of carbonyl (C=O) groups excluding carboxylic acids is 1. The summed E-state index contributed by atoms with van der Waals surface area (Å²) >= 11 is 0. The van der Waals surface area contributed by atoms with Gasteiger partial charge in [-0.2, -0.15) is 0 Å². The van der Waals surface area contributed by atoms with Crippen LogP contribution in [0.2, 0.25) is 0 Å². The molecule has 5 rings (SSSR count). The molecule has 30 heavy (non-hydrogen) atoms. The largest absolute Gasteiger partial charge is 0.399 e. The van der Waals surface area contributed by atoms with Gasteiger partial charge in [0.25, 0.3) is 0 Å². The third-order valence-corrected chi connectivity index (χ3v) is 6.99. The fraction of sp³-hybridized carbons (Fsp3) is 0.360. The molecule has 0 saturated carbocycles. The third kappa shape index (κ3) is 2.68. The maximum Gasteiger partial charge on any atom is 0.223 e. The van der Waals surface area contributed by atoms with Crippen LogP contribution in [0.1, 0.15) is 50.7 Å². The Balaban J connectivity index is 1.59. The molecule has 5 nitrogen and oxygen atoms in total. The quantitative estimate of drug-likeness (QED) is 0.660. The van der Waals surface area contributed by atoms with Crippen LogP contribution >= 0.6 is 0 Å². The summed E-state index contributed by atoms with van der Waals surface area (Å²) in [6, 6.07) is 17.1. The van der Waals surface area contributed by atoms with Crippen LogP contribution in [0.4, 0.5) is 5.69 Å². The lowest BCUT2D eigenvalue weighted by Crippen LogP contribution is -2.40. The smallest absolute Gasteiger partial charge is 0.223 e. The number of hydrogen-bond donors (Lipinski definition) is 1. The monoisotopic (exact) mass is 400 g/mol. The summed E-state index contributed by atoms with van der Waals surface area (Å²) in [7, 11) is 0.